The Hall–Kier alpha value is -1.55. The zero-order chi connectivity index (χ0) is 15.1. The Morgan fingerprint density at radius 2 is 1.90 bits per heavy atom. The molecule has 21 heavy (non-hydrogen) atoms. The lowest BCUT2D eigenvalue weighted by molar-refractivity contribution is -0.126. The van der Waals surface area contributed by atoms with Crippen molar-refractivity contribution in [2.24, 2.45) is 0 Å². The van der Waals surface area contributed by atoms with E-state index in [1.807, 2.05) is 19.1 Å². The lowest BCUT2D eigenvalue weighted by atomic mass is 10.0. The molecule has 1 fully saturated rings. The van der Waals surface area contributed by atoms with Gasteiger partial charge in [0.1, 0.15) is 11.6 Å². The highest BCUT2D eigenvalue weighted by atomic mass is 16.1. The van der Waals surface area contributed by atoms with Crippen LogP contribution >= 0.6 is 0 Å². The molecule has 0 atom stereocenters. The number of hydrogen-bond acceptors (Lipinski definition) is 4. The van der Waals surface area contributed by atoms with Crippen LogP contribution in [0.3, 0.4) is 0 Å². The summed E-state index contributed by atoms with van der Waals surface area (Å²) in [5.74, 6) is 0.0509. The summed E-state index contributed by atoms with van der Waals surface area (Å²) in [6, 6.07) is 3.79. The molecule has 0 aliphatic carbocycles. The molecule has 1 aromatic rings. The van der Waals surface area contributed by atoms with E-state index in [2.05, 4.69) is 9.88 Å². The standard InChI is InChI=1S/C17H24N2O2/c1-14-5-6-15(13-18-14)11-17(21)12-16(20)7-10-19-8-3-2-4-9-19/h5-6,13H,2-4,7-12H2,1H3. The third kappa shape index (κ3) is 5.76. The highest BCUT2D eigenvalue weighted by molar-refractivity contribution is 5.99. The molecule has 1 aromatic heterocycles. The minimum Gasteiger partial charge on any atom is -0.303 e. The predicted molar refractivity (Wildman–Crippen MR) is 82.2 cm³/mol. The summed E-state index contributed by atoms with van der Waals surface area (Å²) in [6.07, 6.45) is 6.34. The maximum absolute atomic E-state index is 11.9. The number of hydrogen-bond donors (Lipinski definition) is 0. The number of rotatable bonds is 7. The van der Waals surface area contributed by atoms with E-state index >= 15 is 0 Å². The fourth-order valence-electron chi connectivity index (χ4n) is 2.67. The van der Waals surface area contributed by atoms with Gasteiger partial charge < -0.3 is 4.90 Å². The molecule has 1 saturated heterocycles. The Morgan fingerprint density at radius 1 is 1.14 bits per heavy atom. The number of ketones is 2. The molecule has 0 spiro atoms. The number of pyridine rings is 1. The monoisotopic (exact) mass is 288 g/mol. The minimum absolute atomic E-state index is 0.00991. The summed E-state index contributed by atoms with van der Waals surface area (Å²) in [5.41, 5.74) is 1.82. The zero-order valence-corrected chi connectivity index (χ0v) is 12.8. The largest absolute Gasteiger partial charge is 0.303 e. The van der Waals surface area contributed by atoms with Crippen LogP contribution in [0.4, 0.5) is 0 Å². The highest BCUT2D eigenvalue weighted by Gasteiger charge is 2.14. The Kier molecular flexibility index (Phi) is 6.05. The van der Waals surface area contributed by atoms with Gasteiger partial charge in [-0.3, -0.25) is 14.6 Å². The maximum atomic E-state index is 11.9. The van der Waals surface area contributed by atoms with Crippen LogP contribution in [0.2, 0.25) is 0 Å². The van der Waals surface area contributed by atoms with Crippen molar-refractivity contribution in [3.8, 4) is 0 Å². The SMILES string of the molecule is Cc1ccc(CC(=O)CC(=O)CCN2CCCCC2)cn1. The van der Waals surface area contributed by atoms with E-state index in [1.165, 1.54) is 19.3 Å². The second kappa shape index (κ2) is 8.03. The van der Waals surface area contributed by atoms with Gasteiger partial charge in [0, 0.05) is 31.3 Å². The fraction of sp³-hybridized carbons (Fsp3) is 0.588. The van der Waals surface area contributed by atoms with E-state index in [1.54, 1.807) is 6.20 Å². The molecule has 0 aromatic carbocycles. The van der Waals surface area contributed by atoms with Gasteiger partial charge in [0.25, 0.3) is 0 Å². The first-order chi connectivity index (χ1) is 10.1. The van der Waals surface area contributed by atoms with Crippen LogP contribution in [0.1, 0.15) is 43.4 Å². The molecule has 4 nitrogen and oxygen atoms in total. The first-order valence-electron chi connectivity index (χ1n) is 7.81. The van der Waals surface area contributed by atoms with Crippen molar-refractivity contribution in [1.82, 2.24) is 9.88 Å². The summed E-state index contributed by atoms with van der Waals surface area (Å²) >= 11 is 0. The van der Waals surface area contributed by atoms with E-state index < -0.39 is 0 Å². The molecule has 0 N–H and O–H groups in total. The third-order valence-corrected chi connectivity index (χ3v) is 3.92. The number of Topliss-reactive ketones (excluding diaryl/α,β-unsaturated/α-hetero) is 2. The van der Waals surface area contributed by atoms with E-state index in [9.17, 15) is 9.59 Å². The summed E-state index contributed by atoms with van der Waals surface area (Å²) in [7, 11) is 0. The quantitative estimate of drug-likeness (QED) is 0.723. The van der Waals surface area contributed by atoms with Crippen molar-refractivity contribution >= 4 is 11.6 Å². The smallest absolute Gasteiger partial charge is 0.144 e. The summed E-state index contributed by atoms with van der Waals surface area (Å²) in [6.45, 7) is 4.90. The van der Waals surface area contributed by atoms with Gasteiger partial charge in [-0.15, -0.1) is 0 Å². The lowest BCUT2D eigenvalue weighted by Gasteiger charge is -2.25. The Morgan fingerprint density at radius 3 is 2.57 bits per heavy atom. The molecule has 0 radical (unpaired) electrons. The molecule has 1 aliphatic rings. The topological polar surface area (TPSA) is 50.3 Å². The molecule has 0 saturated carbocycles. The molecule has 114 valence electrons. The second-order valence-corrected chi connectivity index (χ2v) is 5.89. The number of aryl methyl sites for hydroxylation is 1. The van der Waals surface area contributed by atoms with Gasteiger partial charge in [0.05, 0.1) is 6.42 Å². The van der Waals surface area contributed by atoms with Gasteiger partial charge >= 0.3 is 0 Å². The predicted octanol–water partition coefficient (Wildman–Crippen LogP) is 2.34. The number of carbonyl (C=O) groups excluding carboxylic acids is 2. The Labute approximate surface area is 126 Å². The molecule has 0 amide bonds. The molecular formula is C17H24N2O2. The van der Waals surface area contributed by atoms with Crippen LogP contribution in [-0.4, -0.2) is 41.1 Å². The molecule has 4 heteroatoms. The number of nitrogens with zero attached hydrogens (tertiary/aromatic N) is 2. The summed E-state index contributed by atoms with van der Waals surface area (Å²) in [5, 5.41) is 0. The van der Waals surface area contributed by atoms with Crippen molar-refractivity contribution in [1.29, 1.82) is 0 Å². The fourth-order valence-corrected chi connectivity index (χ4v) is 2.67. The van der Waals surface area contributed by atoms with Crippen LogP contribution in [0, 0.1) is 6.92 Å². The average molecular weight is 288 g/mol. The Bertz CT molecular complexity index is 476. The number of likely N-dealkylation sites (tertiary alicyclic amines) is 1. The van der Waals surface area contributed by atoms with Gasteiger partial charge in [0.2, 0.25) is 0 Å². The molecule has 2 rings (SSSR count). The van der Waals surface area contributed by atoms with Crippen LogP contribution < -0.4 is 0 Å². The zero-order valence-electron chi connectivity index (χ0n) is 12.8. The third-order valence-electron chi connectivity index (χ3n) is 3.92. The van der Waals surface area contributed by atoms with Crippen molar-refractivity contribution < 1.29 is 9.59 Å². The van der Waals surface area contributed by atoms with Gasteiger partial charge in [-0.1, -0.05) is 12.5 Å². The van der Waals surface area contributed by atoms with E-state index in [-0.39, 0.29) is 18.0 Å². The van der Waals surface area contributed by atoms with Gasteiger partial charge in [-0.25, -0.2) is 0 Å². The van der Waals surface area contributed by atoms with Crippen molar-refractivity contribution in [3.63, 3.8) is 0 Å². The van der Waals surface area contributed by atoms with Crippen LogP contribution in [0.5, 0.6) is 0 Å². The summed E-state index contributed by atoms with van der Waals surface area (Å²) in [4.78, 5) is 30.3. The number of carbonyl (C=O) groups is 2. The van der Waals surface area contributed by atoms with Crippen molar-refractivity contribution in [3.05, 3.63) is 29.6 Å². The minimum atomic E-state index is -0.00991. The van der Waals surface area contributed by atoms with E-state index in [4.69, 9.17) is 0 Å². The van der Waals surface area contributed by atoms with Gasteiger partial charge in [-0.2, -0.15) is 0 Å². The van der Waals surface area contributed by atoms with Crippen molar-refractivity contribution in [2.75, 3.05) is 19.6 Å². The summed E-state index contributed by atoms with van der Waals surface area (Å²) < 4.78 is 0. The van der Waals surface area contributed by atoms with Crippen LogP contribution in [0.25, 0.3) is 0 Å². The maximum Gasteiger partial charge on any atom is 0.144 e. The molecule has 0 unspecified atom stereocenters. The van der Waals surface area contributed by atoms with Gasteiger partial charge in [-0.05, 0) is 44.5 Å². The highest BCUT2D eigenvalue weighted by Crippen LogP contribution is 2.09. The first-order valence-corrected chi connectivity index (χ1v) is 7.81. The number of piperidine rings is 1. The first kappa shape index (κ1) is 15.8. The van der Waals surface area contributed by atoms with Crippen LogP contribution in [0.15, 0.2) is 18.3 Å². The Balaban J connectivity index is 1.69. The van der Waals surface area contributed by atoms with Crippen molar-refractivity contribution in [2.45, 2.75) is 45.4 Å². The average Bonchev–Trinajstić information content (AvgIpc) is 2.48. The van der Waals surface area contributed by atoms with Crippen LogP contribution in [-0.2, 0) is 16.0 Å². The molecule has 0 bridgehead atoms. The van der Waals surface area contributed by atoms with E-state index in [0.717, 1.165) is 30.9 Å². The number of aromatic nitrogens is 1. The molecular weight excluding hydrogens is 264 g/mol. The lowest BCUT2D eigenvalue weighted by Crippen LogP contribution is -2.31. The normalized spacial score (nSPS) is 15.9. The molecule has 2 heterocycles. The molecule has 1 aliphatic heterocycles. The van der Waals surface area contributed by atoms with Gasteiger partial charge in [0.15, 0.2) is 0 Å². The van der Waals surface area contributed by atoms with E-state index in [0.29, 0.717) is 12.8 Å². The second-order valence-electron chi connectivity index (χ2n) is 5.89.